The van der Waals surface area contributed by atoms with Crippen LogP contribution in [0.3, 0.4) is 0 Å². The summed E-state index contributed by atoms with van der Waals surface area (Å²) >= 11 is 0. The number of anilines is 1. The van der Waals surface area contributed by atoms with Gasteiger partial charge in [0.05, 0.1) is 19.6 Å². The van der Waals surface area contributed by atoms with Gasteiger partial charge >= 0.3 is 5.97 Å². The monoisotopic (exact) mass is 286 g/mol. The van der Waals surface area contributed by atoms with Crippen LogP contribution >= 0.6 is 0 Å². The zero-order valence-electron chi connectivity index (χ0n) is 11.0. The third kappa shape index (κ3) is 5.75. The number of hydrogen-bond acceptors (Lipinski definition) is 4. The Bertz CT molecular complexity index is 481. The van der Waals surface area contributed by atoms with E-state index in [0.29, 0.717) is 13.2 Å². The van der Waals surface area contributed by atoms with Gasteiger partial charge in [0.1, 0.15) is 0 Å². The molecule has 0 aromatic heterocycles. The van der Waals surface area contributed by atoms with Crippen LogP contribution in [0.5, 0.6) is 0 Å². The molecule has 0 radical (unpaired) electrons. The largest absolute Gasteiger partial charge is 0.466 e. The second-order valence-corrected chi connectivity index (χ2v) is 3.91. The summed E-state index contributed by atoms with van der Waals surface area (Å²) in [4.78, 5) is 22.5. The van der Waals surface area contributed by atoms with Gasteiger partial charge in [-0.2, -0.15) is 0 Å². The summed E-state index contributed by atoms with van der Waals surface area (Å²) < 4.78 is 30.3. The van der Waals surface area contributed by atoms with E-state index in [2.05, 4.69) is 10.6 Å². The fourth-order valence-electron chi connectivity index (χ4n) is 1.40. The van der Waals surface area contributed by atoms with Gasteiger partial charge in [0, 0.05) is 18.3 Å². The van der Waals surface area contributed by atoms with Crippen LogP contribution in [0.25, 0.3) is 0 Å². The molecular weight excluding hydrogens is 270 g/mol. The molecule has 1 rings (SSSR count). The molecule has 0 bridgehead atoms. The summed E-state index contributed by atoms with van der Waals surface area (Å²) in [7, 11) is 0. The van der Waals surface area contributed by atoms with E-state index in [4.69, 9.17) is 4.74 Å². The first-order valence-electron chi connectivity index (χ1n) is 6.14. The summed E-state index contributed by atoms with van der Waals surface area (Å²) in [6.45, 7) is 2.28. The van der Waals surface area contributed by atoms with Crippen molar-refractivity contribution in [3.63, 3.8) is 0 Å². The van der Waals surface area contributed by atoms with E-state index in [1.807, 2.05) is 0 Å². The van der Waals surface area contributed by atoms with Crippen molar-refractivity contribution in [2.24, 2.45) is 0 Å². The lowest BCUT2D eigenvalue weighted by atomic mass is 10.3. The highest BCUT2D eigenvalue weighted by atomic mass is 19.2. The van der Waals surface area contributed by atoms with Crippen LogP contribution < -0.4 is 10.6 Å². The number of esters is 1. The molecule has 0 saturated carbocycles. The minimum absolute atomic E-state index is 0.0433. The molecule has 0 saturated heterocycles. The average molecular weight is 286 g/mol. The number of carbonyl (C=O) groups excluding carboxylic acids is 2. The first-order valence-corrected chi connectivity index (χ1v) is 6.14. The number of hydrogen-bond donors (Lipinski definition) is 2. The van der Waals surface area contributed by atoms with Crippen molar-refractivity contribution in [3.05, 3.63) is 29.8 Å². The van der Waals surface area contributed by atoms with Gasteiger partial charge in [-0.05, 0) is 19.1 Å². The number of carbonyl (C=O) groups is 2. The molecular formula is C13H16F2N2O3. The predicted molar refractivity (Wildman–Crippen MR) is 69.1 cm³/mol. The van der Waals surface area contributed by atoms with Gasteiger partial charge in [0.15, 0.2) is 11.6 Å². The van der Waals surface area contributed by atoms with Crippen LogP contribution in [0.15, 0.2) is 18.2 Å². The molecule has 0 aliphatic rings. The fourth-order valence-corrected chi connectivity index (χ4v) is 1.40. The molecule has 20 heavy (non-hydrogen) atoms. The number of amides is 1. The third-order valence-electron chi connectivity index (χ3n) is 2.30. The molecule has 0 atom stereocenters. The van der Waals surface area contributed by atoms with E-state index < -0.39 is 17.5 Å². The maximum absolute atomic E-state index is 12.9. The molecule has 0 aliphatic heterocycles. The maximum Gasteiger partial charge on any atom is 0.307 e. The summed E-state index contributed by atoms with van der Waals surface area (Å²) in [6, 6.07) is 3.08. The molecule has 5 nitrogen and oxygen atoms in total. The molecule has 110 valence electrons. The molecule has 1 amide bonds. The summed E-state index contributed by atoms with van der Waals surface area (Å²) in [5.41, 5.74) is 0.168. The standard InChI is InChI=1S/C13H16F2N2O3/c1-2-20-13(19)5-6-16-8-12(18)17-9-3-4-10(14)11(15)7-9/h3-4,7,16H,2,5-6,8H2,1H3,(H,17,18). The van der Waals surface area contributed by atoms with Gasteiger partial charge in [-0.3, -0.25) is 9.59 Å². The Morgan fingerprint density at radius 2 is 2.00 bits per heavy atom. The van der Waals surface area contributed by atoms with Gasteiger partial charge in [-0.1, -0.05) is 0 Å². The molecule has 1 aromatic carbocycles. The molecule has 0 unspecified atom stereocenters. The molecule has 0 spiro atoms. The van der Waals surface area contributed by atoms with Crippen molar-refractivity contribution in [3.8, 4) is 0 Å². The second-order valence-electron chi connectivity index (χ2n) is 3.91. The van der Waals surface area contributed by atoms with E-state index in [0.717, 1.165) is 12.1 Å². The Morgan fingerprint density at radius 1 is 1.25 bits per heavy atom. The Balaban J connectivity index is 2.26. The molecule has 0 heterocycles. The van der Waals surface area contributed by atoms with Gasteiger partial charge < -0.3 is 15.4 Å². The first-order chi connectivity index (χ1) is 9.52. The topological polar surface area (TPSA) is 67.4 Å². The highest BCUT2D eigenvalue weighted by Gasteiger charge is 2.06. The lowest BCUT2D eigenvalue weighted by molar-refractivity contribution is -0.143. The van der Waals surface area contributed by atoms with Gasteiger partial charge in [0.25, 0.3) is 0 Å². The third-order valence-corrected chi connectivity index (χ3v) is 2.30. The highest BCUT2D eigenvalue weighted by molar-refractivity contribution is 5.92. The second kappa shape index (κ2) is 8.21. The zero-order valence-corrected chi connectivity index (χ0v) is 11.0. The average Bonchev–Trinajstić information content (AvgIpc) is 2.39. The molecule has 0 fully saturated rings. The van der Waals surface area contributed by atoms with Gasteiger partial charge in [-0.15, -0.1) is 0 Å². The Kier molecular flexibility index (Phi) is 6.58. The lowest BCUT2D eigenvalue weighted by Gasteiger charge is -2.07. The van der Waals surface area contributed by atoms with Crippen LogP contribution in [-0.4, -0.2) is 31.6 Å². The Hall–Kier alpha value is -2.02. The normalized spacial score (nSPS) is 10.2. The molecule has 1 aromatic rings. The lowest BCUT2D eigenvalue weighted by Crippen LogP contribution is -2.30. The van der Waals surface area contributed by atoms with Crippen LogP contribution in [0.4, 0.5) is 14.5 Å². The highest BCUT2D eigenvalue weighted by Crippen LogP contribution is 2.12. The van der Waals surface area contributed by atoms with Crippen molar-refractivity contribution in [1.82, 2.24) is 5.32 Å². The van der Waals surface area contributed by atoms with Crippen molar-refractivity contribution >= 4 is 17.6 Å². The number of nitrogens with one attached hydrogen (secondary N) is 2. The van der Waals surface area contributed by atoms with Gasteiger partial charge in [-0.25, -0.2) is 8.78 Å². The quantitative estimate of drug-likeness (QED) is 0.588. The smallest absolute Gasteiger partial charge is 0.307 e. The predicted octanol–water partition coefficient (Wildman–Crippen LogP) is 1.45. The minimum atomic E-state index is -1.03. The number of halogens is 2. The molecule has 2 N–H and O–H groups in total. The van der Waals surface area contributed by atoms with E-state index in [9.17, 15) is 18.4 Å². The Morgan fingerprint density at radius 3 is 2.65 bits per heavy atom. The van der Waals surface area contributed by atoms with Crippen LogP contribution in [-0.2, 0) is 14.3 Å². The first kappa shape index (κ1) is 16.0. The molecule has 7 heteroatoms. The van der Waals surface area contributed by atoms with Crippen molar-refractivity contribution in [2.45, 2.75) is 13.3 Å². The maximum atomic E-state index is 12.9. The van der Waals surface area contributed by atoms with Crippen LogP contribution in [0, 0.1) is 11.6 Å². The number of ether oxygens (including phenoxy) is 1. The van der Waals surface area contributed by atoms with Crippen molar-refractivity contribution in [2.75, 3.05) is 25.0 Å². The zero-order chi connectivity index (χ0) is 15.0. The number of benzene rings is 1. The van der Waals surface area contributed by atoms with E-state index >= 15 is 0 Å². The minimum Gasteiger partial charge on any atom is -0.466 e. The van der Waals surface area contributed by atoms with Gasteiger partial charge in [0.2, 0.25) is 5.91 Å². The van der Waals surface area contributed by atoms with E-state index in [1.54, 1.807) is 6.92 Å². The number of rotatable bonds is 7. The van der Waals surface area contributed by atoms with E-state index in [-0.39, 0.29) is 24.6 Å². The summed E-state index contributed by atoms with van der Waals surface area (Å²) in [5.74, 6) is -2.77. The molecule has 0 aliphatic carbocycles. The SMILES string of the molecule is CCOC(=O)CCNCC(=O)Nc1ccc(F)c(F)c1. The Labute approximate surface area is 115 Å². The van der Waals surface area contributed by atoms with Crippen LogP contribution in [0.2, 0.25) is 0 Å². The van der Waals surface area contributed by atoms with Crippen LogP contribution in [0.1, 0.15) is 13.3 Å². The van der Waals surface area contributed by atoms with Crippen molar-refractivity contribution in [1.29, 1.82) is 0 Å². The fraction of sp³-hybridized carbons (Fsp3) is 0.385. The summed E-state index contributed by atoms with van der Waals surface area (Å²) in [6.07, 6.45) is 0.159. The van der Waals surface area contributed by atoms with Crippen molar-refractivity contribution < 1.29 is 23.1 Å². The van der Waals surface area contributed by atoms with E-state index in [1.165, 1.54) is 6.07 Å². The summed E-state index contributed by atoms with van der Waals surface area (Å²) in [5, 5.41) is 5.14.